The van der Waals surface area contributed by atoms with Gasteiger partial charge in [0.05, 0.1) is 12.5 Å². The molecule has 0 aliphatic heterocycles. The van der Waals surface area contributed by atoms with E-state index in [2.05, 4.69) is 15.3 Å². The normalized spacial score (nSPS) is 12.5. The smallest absolute Gasteiger partial charge is 0.224 e. The second-order valence-electron chi connectivity index (χ2n) is 4.64. The number of amides is 1. The van der Waals surface area contributed by atoms with Crippen LogP contribution in [0, 0.1) is 0 Å². The summed E-state index contributed by atoms with van der Waals surface area (Å²) in [6.07, 6.45) is 4.97. The monoisotopic (exact) mass is 261 g/mol. The Hall–Kier alpha value is -1.88. The number of carbonyl (C=O) groups excluding carboxylic acids is 1. The van der Waals surface area contributed by atoms with E-state index in [1.54, 1.807) is 12.4 Å². The van der Waals surface area contributed by atoms with Crippen LogP contribution in [-0.2, 0) is 11.2 Å². The summed E-state index contributed by atoms with van der Waals surface area (Å²) in [7, 11) is 0. The average molecular weight is 261 g/mol. The van der Waals surface area contributed by atoms with Gasteiger partial charge in [0, 0.05) is 24.3 Å². The number of nitrogens with one attached hydrogen (secondary N) is 2. The van der Waals surface area contributed by atoms with Crippen molar-refractivity contribution in [3.8, 4) is 0 Å². The first-order valence-electron chi connectivity index (χ1n) is 6.56. The fraction of sp³-hybridized carbons (Fsp3) is 0.429. The number of hydrogen-bond acceptors (Lipinski definition) is 3. The van der Waals surface area contributed by atoms with Crippen molar-refractivity contribution in [2.24, 2.45) is 0 Å². The fourth-order valence-corrected chi connectivity index (χ4v) is 2.06. The lowest BCUT2D eigenvalue weighted by atomic mass is 10.1. The number of fused-ring (bicyclic) bond motifs is 1. The Balaban J connectivity index is 1.92. The minimum Gasteiger partial charge on any atom is -0.391 e. The molecular formula is C14H19N3O2. The number of hydrogen-bond donors (Lipinski definition) is 3. The first-order valence-corrected chi connectivity index (χ1v) is 6.56. The average Bonchev–Trinajstić information content (AvgIpc) is 2.80. The van der Waals surface area contributed by atoms with Crippen molar-refractivity contribution in [1.82, 2.24) is 15.3 Å². The number of pyridine rings is 1. The van der Waals surface area contributed by atoms with Gasteiger partial charge in [-0.25, -0.2) is 4.98 Å². The second-order valence-corrected chi connectivity index (χ2v) is 4.64. The maximum Gasteiger partial charge on any atom is 0.224 e. The summed E-state index contributed by atoms with van der Waals surface area (Å²) in [5.74, 6) is -0.0834. The Bertz CT molecular complexity index is 550. The van der Waals surface area contributed by atoms with Gasteiger partial charge < -0.3 is 15.4 Å². The first kappa shape index (κ1) is 13.5. The fourth-order valence-electron chi connectivity index (χ4n) is 2.06. The number of carbonyl (C=O) groups is 1. The molecule has 2 aromatic heterocycles. The van der Waals surface area contributed by atoms with Crippen LogP contribution < -0.4 is 5.32 Å². The summed E-state index contributed by atoms with van der Waals surface area (Å²) in [4.78, 5) is 19.0. The van der Waals surface area contributed by atoms with Crippen LogP contribution in [0.2, 0.25) is 0 Å². The third-order valence-electron chi connectivity index (χ3n) is 3.04. The highest BCUT2D eigenvalue weighted by Crippen LogP contribution is 2.15. The van der Waals surface area contributed by atoms with Crippen LogP contribution in [0.3, 0.4) is 0 Å². The summed E-state index contributed by atoms with van der Waals surface area (Å²) in [5, 5.41) is 13.3. The van der Waals surface area contributed by atoms with Gasteiger partial charge in [0.1, 0.15) is 5.65 Å². The predicted octanol–water partition coefficient (Wildman–Crippen LogP) is 1.38. The lowest BCUT2D eigenvalue weighted by molar-refractivity contribution is -0.120. The molecule has 0 radical (unpaired) electrons. The molecule has 5 heteroatoms. The van der Waals surface area contributed by atoms with Crippen LogP contribution in [-0.4, -0.2) is 33.6 Å². The van der Waals surface area contributed by atoms with E-state index in [0.29, 0.717) is 19.4 Å². The highest BCUT2D eigenvalue weighted by Gasteiger charge is 2.10. The lowest BCUT2D eigenvalue weighted by Crippen LogP contribution is -2.32. The molecule has 5 nitrogen and oxygen atoms in total. The van der Waals surface area contributed by atoms with Crippen LogP contribution in [0.1, 0.15) is 25.3 Å². The minimum absolute atomic E-state index is 0.0834. The molecule has 0 bridgehead atoms. The Morgan fingerprint density at radius 2 is 2.42 bits per heavy atom. The standard InChI is InChI=1S/C14H19N3O2/c1-2-4-11(18)9-16-13(19)7-10-8-17-14-12(10)5-3-6-15-14/h3,5-6,8,11,18H,2,4,7,9H2,1H3,(H,15,17)(H,16,19). The van der Waals surface area contributed by atoms with Crippen LogP contribution >= 0.6 is 0 Å². The predicted molar refractivity (Wildman–Crippen MR) is 73.7 cm³/mol. The third kappa shape index (κ3) is 3.54. The van der Waals surface area contributed by atoms with Gasteiger partial charge in [0.2, 0.25) is 5.91 Å². The Kier molecular flexibility index (Phi) is 4.52. The molecule has 0 aliphatic rings. The van der Waals surface area contributed by atoms with Gasteiger partial charge in [-0.15, -0.1) is 0 Å². The first-order chi connectivity index (χ1) is 9.20. The maximum atomic E-state index is 11.8. The topological polar surface area (TPSA) is 78.0 Å². The molecule has 0 fully saturated rings. The quantitative estimate of drug-likeness (QED) is 0.735. The molecule has 0 saturated carbocycles. The molecule has 2 rings (SSSR count). The SMILES string of the molecule is CCCC(O)CNC(=O)Cc1c[nH]c2ncccc12. The molecule has 1 unspecified atom stereocenters. The molecule has 0 saturated heterocycles. The summed E-state index contributed by atoms with van der Waals surface area (Å²) < 4.78 is 0. The number of aromatic amines is 1. The van der Waals surface area contributed by atoms with E-state index in [9.17, 15) is 9.90 Å². The van der Waals surface area contributed by atoms with Crippen molar-refractivity contribution < 1.29 is 9.90 Å². The molecule has 2 aromatic rings. The van der Waals surface area contributed by atoms with Gasteiger partial charge in [-0.05, 0) is 24.1 Å². The molecular weight excluding hydrogens is 242 g/mol. The summed E-state index contributed by atoms with van der Waals surface area (Å²) >= 11 is 0. The molecule has 19 heavy (non-hydrogen) atoms. The van der Waals surface area contributed by atoms with Crippen LogP contribution in [0.25, 0.3) is 11.0 Å². The maximum absolute atomic E-state index is 11.8. The third-order valence-corrected chi connectivity index (χ3v) is 3.04. The molecule has 1 amide bonds. The largest absolute Gasteiger partial charge is 0.391 e. The summed E-state index contributed by atoms with van der Waals surface area (Å²) in [5.41, 5.74) is 1.71. The van der Waals surface area contributed by atoms with E-state index in [-0.39, 0.29) is 5.91 Å². The van der Waals surface area contributed by atoms with E-state index in [4.69, 9.17) is 0 Å². The van der Waals surface area contributed by atoms with Crippen LogP contribution in [0.4, 0.5) is 0 Å². The Morgan fingerprint density at radius 1 is 1.58 bits per heavy atom. The van der Waals surface area contributed by atoms with Gasteiger partial charge >= 0.3 is 0 Å². The van der Waals surface area contributed by atoms with E-state index in [0.717, 1.165) is 23.0 Å². The zero-order valence-corrected chi connectivity index (χ0v) is 11.0. The molecule has 3 N–H and O–H groups in total. The molecule has 1 atom stereocenters. The van der Waals surface area contributed by atoms with Gasteiger partial charge in [-0.2, -0.15) is 0 Å². The molecule has 0 spiro atoms. The van der Waals surface area contributed by atoms with Crippen LogP contribution in [0.15, 0.2) is 24.5 Å². The highest BCUT2D eigenvalue weighted by atomic mass is 16.3. The molecule has 0 aliphatic carbocycles. The Morgan fingerprint density at radius 3 is 3.21 bits per heavy atom. The number of aliphatic hydroxyl groups is 1. The van der Waals surface area contributed by atoms with E-state index in [1.807, 2.05) is 19.1 Å². The molecule has 102 valence electrons. The summed E-state index contributed by atoms with van der Waals surface area (Å²) in [6.45, 7) is 2.32. The zero-order chi connectivity index (χ0) is 13.7. The van der Waals surface area contributed by atoms with Gasteiger partial charge in [0.25, 0.3) is 0 Å². The van der Waals surface area contributed by atoms with Gasteiger partial charge in [-0.1, -0.05) is 13.3 Å². The highest BCUT2D eigenvalue weighted by molar-refractivity contribution is 5.87. The van der Waals surface area contributed by atoms with Crippen molar-refractivity contribution >= 4 is 16.9 Å². The van der Waals surface area contributed by atoms with E-state index >= 15 is 0 Å². The van der Waals surface area contributed by atoms with Crippen molar-refractivity contribution in [2.45, 2.75) is 32.3 Å². The number of rotatable bonds is 6. The van der Waals surface area contributed by atoms with E-state index < -0.39 is 6.10 Å². The van der Waals surface area contributed by atoms with Crippen LogP contribution in [0.5, 0.6) is 0 Å². The Labute approximate surface area is 112 Å². The zero-order valence-electron chi connectivity index (χ0n) is 11.0. The number of aliphatic hydroxyl groups excluding tert-OH is 1. The number of H-pyrrole nitrogens is 1. The van der Waals surface area contributed by atoms with Crippen molar-refractivity contribution in [1.29, 1.82) is 0 Å². The van der Waals surface area contributed by atoms with Crippen molar-refractivity contribution in [3.63, 3.8) is 0 Å². The lowest BCUT2D eigenvalue weighted by Gasteiger charge is -2.10. The minimum atomic E-state index is -0.460. The summed E-state index contributed by atoms with van der Waals surface area (Å²) in [6, 6.07) is 3.79. The number of nitrogens with zero attached hydrogens (tertiary/aromatic N) is 1. The van der Waals surface area contributed by atoms with E-state index in [1.165, 1.54) is 0 Å². The van der Waals surface area contributed by atoms with Gasteiger partial charge in [-0.3, -0.25) is 4.79 Å². The van der Waals surface area contributed by atoms with Crippen molar-refractivity contribution in [2.75, 3.05) is 6.54 Å². The molecule has 0 aromatic carbocycles. The molecule has 2 heterocycles. The van der Waals surface area contributed by atoms with Gasteiger partial charge in [0.15, 0.2) is 0 Å². The van der Waals surface area contributed by atoms with Crippen molar-refractivity contribution in [3.05, 3.63) is 30.1 Å². The number of aromatic nitrogens is 2. The second kappa shape index (κ2) is 6.33.